The molecule has 0 fully saturated rings. The predicted molar refractivity (Wildman–Crippen MR) is 68.0 cm³/mol. The number of hydrogen-bond acceptors (Lipinski definition) is 1. The molecular weight excluding hydrogens is 182 g/mol. The second-order valence-corrected chi connectivity index (χ2v) is 5.84. The van der Waals surface area contributed by atoms with E-state index < -0.39 is 0 Å². The van der Waals surface area contributed by atoms with Crippen LogP contribution in [0.1, 0.15) is 47.5 Å². The molecule has 86 valence electrons. The van der Waals surface area contributed by atoms with Gasteiger partial charge in [0.05, 0.1) is 0 Å². The quantitative estimate of drug-likeness (QED) is 0.744. The average Bonchev–Trinajstić information content (AvgIpc) is 1.99. The molecule has 1 aliphatic rings. The first kappa shape index (κ1) is 12.5. The van der Waals surface area contributed by atoms with Gasteiger partial charge in [-0.05, 0) is 53.0 Å². The van der Waals surface area contributed by atoms with Gasteiger partial charge in [-0.15, -0.1) is 0 Å². The Hall–Kier alpha value is -0.560. The third-order valence-electron chi connectivity index (χ3n) is 2.64. The van der Waals surface area contributed by atoms with Gasteiger partial charge in [-0.25, -0.2) is 0 Å². The summed E-state index contributed by atoms with van der Waals surface area (Å²) in [5, 5.41) is 3.53. The lowest BCUT2D eigenvalue weighted by molar-refractivity contribution is 0.429. The van der Waals surface area contributed by atoms with Crippen LogP contribution in [0.2, 0.25) is 0 Å². The molecule has 0 amide bonds. The maximum Gasteiger partial charge on any atom is 0.00966 e. The van der Waals surface area contributed by atoms with Crippen LogP contribution in [0.5, 0.6) is 0 Å². The van der Waals surface area contributed by atoms with Crippen molar-refractivity contribution in [2.45, 2.75) is 53.0 Å². The van der Waals surface area contributed by atoms with Crippen molar-refractivity contribution in [1.82, 2.24) is 5.32 Å². The molecule has 0 heterocycles. The second-order valence-electron chi connectivity index (χ2n) is 5.84. The monoisotopic (exact) mass is 207 g/mol. The minimum atomic E-state index is 0.236. The molecule has 1 N–H and O–H groups in total. The van der Waals surface area contributed by atoms with Crippen molar-refractivity contribution in [3.8, 4) is 0 Å². The van der Waals surface area contributed by atoms with Crippen LogP contribution in [0.15, 0.2) is 23.3 Å². The first-order valence-corrected chi connectivity index (χ1v) is 6.00. The summed E-state index contributed by atoms with van der Waals surface area (Å²) in [6.45, 7) is 12.3. The van der Waals surface area contributed by atoms with Gasteiger partial charge in [0.2, 0.25) is 0 Å². The Morgan fingerprint density at radius 2 is 2.07 bits per heavy atom. The van der Waals surface area contributed by atoms with Crippen LogP contribution in [-0.2, 0) is 0 Å². The Morgan fingerprint density at radius 3 is 2.60 bits per heavy atom. The van der Waals surface area contributed by atoms with Gasteiger partial charge in [0.25, 0.3) is 0 Å². The smallest absolute Gasteiger partial charge is 0.00966 e. The van der Waals surface area contributed by atoms with Crippen molar-refractivity contribution in [3.05, 3.63) is 23.3 Å². The van der Waals surface area contributed by atoms with Crippen molar-refractivity contribution in [2.75, 3.05) is 6.54 Å². The highest BCUT2D eigenvalue weighted by Crippen LogP contribution is 2.23. The molecule has 0 spiro atoms. The van der Waals surface area contributed by atoms with E-state index in [1.807, 2.05) is 0 Å². The summed E-state index contributed by atoms with van der Waals surface area (Å²) in [5.41, 5.74) is 3.26. The molecule has 0 bridgehead atoms. The number of rotatable bonds is 3. The van der Waals surface area contributed by atoms with E-state index in [-0.39, 0.29) is 5.54 Å². The molecule has 15 heavy (non-hydrogen) atoms. The molecule has 0 aromatic carbocycles. The van der Waals surface area contributed by atoms with Gasteiger partial charge < -0.3 is 5.32 Å². The van der Waals surface area contributed by atoms with Gasteiger partial charge in [-0.1, -0.05) is 30.2 Å². The second kappa shape index (κ2) is 4.98. The summed E-state index contributed by atoms with van der Waals surface area (Å²) in [7, 11) is 0. The van der Waals surface area contributed by atoms with Crippen LogP contribution in [0.3, 0.4) is 0 Å². The van der Waals surface area contributed by atoms with E-state index in [1.54, 1.807) is 0 Å². The summed E-state index contributed by atoms with van der Waals surface area (Å²) in [5.74, 6) is 0.722. The third-order valence-corrected chi connectivity index (χ3v) is 2.64. The van der Waals surface area contributed by atoms with Crippen LogP contribution in [0.25, 0.3) is 0 Å². The Morgan fingerprint density at radius 1 is 1.40 bits per heavy atom. The standard InChI is InChI=1S/C14H25N/c1-11-8-12(2)10-13(9-11)6-7-15-14(3,4)5/h9-11,15H,6-8H2,1-5H3. The van der Waals surface area contributed by atoms with Gasteiger partial charge in [0, 0.05) is 5.54 Å². The highest BCUT2D eigenvalue weighted by Gasteiger charge is 2.10. The molecule has 1 aliphatic carbocycles. The van der Waals surface area contributed by atoms with E-state index in [1.165, 1.54) is 17.6 Å². The van der Waals surface area contributed by atoms with Crippen molar-refractivity contribution >= 4 is 0 Å². The van der Waals surface area contributed by atoms with Crippen LogP contribution >= 0.6 is 0 Å². The van der Waals surface area contributed by atoms with E-state index in [9.17, 15) is 0 Å². The minimum Gasteiger partial charge on any atom is -0.312 e. The van der Waals surface area contributed by atoms with Gasteiger partial charge >= 0.3 is 0 Å². The molecule has 1 nitrogen and oxygen atoms in total. The molecule has 1 unspecified atom stereocenters. The largest absolute Gasteiger partial charge is 0.312 e. The van der Waals surface area contributed by atoms with Gasteiger partial charge in [0.1, 0.15) is 0 Å². The van der Waals surface area contributed by atoms with Crippen LogP contribution < -0.4 is 5.32 Å². The van der Waals surface area contributed by atoms with Gasteiger partial charge in [0.15, 0.2) is 0 Å². The van der Waals surface area contributed by atoms with E-state index in [4.69, 9.17) is 0 Å². The molecule has 1 atom stereocenters. The highest BCUT2D eigenvalue weighted by atomic mass is 14.9. The van der Waals surface area contributed by atoms with Gasteiger partial charge in [-0.3, -0.25) is 0 Å². The summed E-state index contributed by atoms with van der Waals surface area (Å²) >= 11 is 0. The fourth-order valence-electron chi connectivity index (χ4n) is 2.09. The Balaban J connectivity index is 2.39. The molecule has 0 saturated carbocycles. The fraction of sp³-hybridized carbons (Fsp3) is 0.714. The first-order valence-electron chi connectivity index (χ1n) is 6.00. The zero-order valence-electron chi connectivity index (χ0n) is 10.9. The number of hydrogen-bond donors (Lipinski definition) is 1. The average molecular weight is 207 g/mol. The molecule has 0 radical (unpaired) electrons. The van der Waals surface area contributed by atoms with Crippen LogP contribution in [0, 0.1) is 5.92 Å². The Kier molecular flexibility index (Phi) is 4.15. The summed E-state index contributed by atoms with van der Waals surface area (Å²) in [6, 6.07) is 0. The summed E-state index contributed by atoms with van der Waals surface area (Å²) < 4.78 is 0. The maximum absolute atomic E-state index is 3.53. The van der Waals surface area contributed by atoms with Crippen molar-refractivity contribution in [1.29, 1.82) is 0 Å². The highest BCUT2D eigenvalue weighted by molar-refractivity contribution is 5.28. The molecular formula is C14H25N. The van der Waals surface area contributed by atoms with E-state index >= 15 is 0 Å². The predicted octanol–water partition coefficient (Wildman–Crippen LogP) is 3.68. The molecule has 0 aromatic heterocycles. The van der Waals surface area contributed by atoms with E-state index in [0.717, 1.165) is 18.9 Å². The lowest BCUT2D eigenvalue weighted by Crippen LogP contribution is -2.36. The van der Waals surface area contributed by atoms with Crippen LogP contribution in [0.4, 0.5) is 0 Å². The molecule has 1 heteroatoms. The number of allylic oxidation sites excluding steroid dienone is 3. The lowest BCUT2D eigenvalue weighted by atomic mass is 9.91. The van der Waals surface area contributed by atoms with Gasteiger partial charge in [-0.2, -0.15) is 0 Å². The molecule has 1 rings (SSSR count). The SMILES string of the molecule is CC1=CC(CCNC(C)(C)C)=CC(C)C1. The third kappa shape index (κ3) is 5.17. The van der Waals surface area contributed by atoms with Crippen LogP contribution in [-0.4, -0.2) is 12.1 Å². The Bertz CT molecular complexity index is 266. The summed E-state index contributed by atoms with van der Waals surface area (Å²) in [4.78, 5) is 0. The van der Waals surface area contributed by atoms with Crippen molar-refractivity contribution in [2.24, 2.45) is 5.92 Å². The summed E-state index contributed by atoms with van der Waals surface area (Å²) in [6.07, 6.45) is 7.15. The zero-order valence-corrected chi connectivity index (χ0v) is 10.9. The maximum atomic E-state index is 3.53. The molecule has 0 saturated heterocycles. The Labute approximate surface area is 94.6 Å². The minimum absolute atomic E-state index is 0.236. The molecule has 0 aromatic rings. The lowest BCUT2D eigenvalue weighted by Gasteiger charge is -2.22. The topological polar surface area (TPSA) is 12.0 Å². The zero-order chi connectivity index (χ0) is 11.5. The first-order chi connectivity index (χ1) is 6.87. The fourth-order valence-corrected chi connectivity index (χ4v) is 2.09. The molecule has 0 aliphatic heterocycles. The van der Waals surface area contributed by atoms with Crippen molar-refractivity contribution < 1.29 is 0 Å². The normalized spacial score (nSPS) is 22.3. The van der Waals surface area contributed by atoms with E-state index in [0.29, 0.717) is 0 Å². The van der Waals surface area contributed by atoms with Crippen molar-refractivity contribution in [3.63, 3.8) is 0 Å². The van der Waals surface area contributed by atoms with E-state index in [2.05, 4.69) is 52.1 Å². The number of nitrogens with one attached hydrogen (secondary N) is 1.